The third-order valence-corrected chi connectivity index (χ3v) is 5.44. The van der Waals surface area contributed by atoms with E-state index in [2.05, 4.69) is 14.6 Å². The molecular weight excluding hydrogens is 337 g/mol. The Labute approximate surface area is 139 Å². The molecule has 5 nitrogen and oxygen atoms in total. The molecule has 1 N–H and O–H groups in total. The fourth-order valence-corrected chi connectivity index (χ4v) is 4.38. The van der Waals surface area contributed by atoms with Gasteiger partial charge in [0.05, 0.1) is 11.9 Å². The van der Waals surface area contributed by atoms with Crippen molar-refractivity contribution in [3.8, 4) is 11.3 Å². The van der Waals surface area contributed by atoms with Gasteiger partial charge in [0.1, 0.15) is 5.82 Å². The van der Waals surface area contributed by atoms with Gasteiger partial charge in [-0.3, -0.25) is 0 Å². The molecule has 1 fully saturated rings. The van der Waals surface area contributed by atoms with Crippen LogP contribution < -0.4 is 9.62 Å². The maximum Gasteiger partial charge on any atom is 0.208 e. The molecule has 0 bridgehead atoms. The number of hydrogen-bond acceptors (Lipinski definition) is 5. The highest BCUT2D eigenvalue weighted by Crippen LogP contribution is 2.29. The smallest absolute Gasteiger partial charge is 0.208 e. The summed E-state index contributed by atoms with van der Waals surface area (Å²) in [5.41, 5.74) is 1.73. The van der Waals surface area contributed by atoms with Crippen LogP contribution in [0, 0.1) is 5.82 Å². The van der Waals surface area contributed by atoms with Crippen LogP contribution in [-0.4, -0.2) is 38.8 Å². The fourth-order valence-electron chi connectivity index (χ4n) is 2.65. The molecule has 2 heterocycles. The van der Waals surface area contributed by atoms with E-state index in [1.807, 2.05) is 5.38 Å². The van der Waals surface area contributed by atoms with Gasteiger partial charge in [-0.05, 0) is 37.1 Å². The number of sulfonamides is 1. The van der Waals surface area contributed by atoms with E-state index in [4.69, 9.17) is 0 Å². The quantitative estimate of drug-likeness (QED) is 0.915. The average molecular weight is 355 g/mol. The zero-order valence-electron chi connectivity index (χ0n) is 12.7. The Morgan fingerprint density at radius 1 is 1.26 bits per heavy atom. The summed E-state index contributed by atoms with van der Waals surface area (Å²) in [6.07, 6.45) is 2.71. The van der Waals surface area contributed by atoms with E-state index in [-0.39, 0.29) is 11.9 Å². The number of piperidine rings is 1. The van der Waals surface area contributed by atoms with Crippen molar-refractivity contribution in [1.82, 2.24) is 9.71 Å². The molecule has 0 saturated carbocycles. The lowest BCUT2D eigenvalue weighted by molar-refractivity contribution is 0.461. The minimum atomic E-state index is -3.15. The molecule has 1 saturated heterocycles. The molecule has 1 aromatic heterocycles. The van der Waals surface area contributed by atoms with Crippen LogP contribution in [0.3, 0.4) is 0 Å². The third-order valence-electron chi connectivity index (χ3n) is 3.78. The largest absolute Gasteiger partial charge is 0.348 e. The predicted molar refractivity (Wildman–Crippen MR) is 90.7 cm³/mol. The molecule has 0 amide bonds. The van der Waals surface area contributed by atoms with E-state index in [1.165, 1.54) is 18.4 Å². The molecule has 8 heteroatoms. The molecule has 23 heavy (non-hydrogen) atoms. The number of aromatic nitrogens is 1. The van der Waals surface area contributed by atoms with Crippen molar-refractivity contribution in [1.29, 1.82) is 0 Å². The first-order valence-corrected chi connectivity index (χ1v) is 10.1. The molecule has 1 aromatic carbocycles. The molecule has 0 radical (unpaired) electrons. The van der Waals surface area contributed by atoms with E-state index in [0.717, 1.165) is 42.3 Å². The number of nitrogens with zero attached hydrogens (tertiary/aromatic N) is 2. The number of anilines is 1. The Balaban J connectivity index is 1.64. The molecule has 2 aromatic rings. The van der Waals surface area contributed by atoms with Crippen LogP contribution in [0.15, 0.2) is 29.6 Å². The summed E-state index contributed by atoms with van der Waals surface area (Å²) in [6, 6.07) is 6.29. The highest BCUT2D eigenvalue weighted by molar-refractivity contribution is 7.88. The molecule has 124 valence electrons. The van der Waals surface area contributed by atoms with E-state index in [1.54, 1.807) is 23.5 Å². The van der Waals surface area contributed by atoms with Crippen LogP contribution in [0.2, 0.25) is 0 Å². The summed E-state index contributed by atoms with van der Waals surface area (Å²) < 4.78 is 38.2. The van der Waals surface area contributed by atoms with Crippen molar-refractivity contribution < 1.29 is 12.8 Å². The number of thiazole rings is 1. The standard InChI is InChI=1S/C15H18FN3O2S2/c1-23(20,21)18-13-6-8-19(9-7-13)15-17-14(10-22-15)11-2-4-12(16)5-3-11/h2-5,10,13,18H,6-9H2,1H3. The summed E-state index contributed by atoms with van der Waals surface area (Å²) in [4.78, 5) is 6.78. The first kappa shape index (κ1) is 16.4. The first-order chi connectivity index (χ1) is 10.9. The van der Waals surface area contributed by atoms with E-state index in [0.29, 0.717) is 0 Å². The predicted octanol–water partition coefficient (Wildman–Crippen LogP) is 2.47. The summed E-state index contributed by atoms with van der Waals surface area (Å²) >= 11 is 1.55. The molecule has 0 unspecified atom stereocenters. The van der Waals surface area contributed by atoms with Crippen molar-refractivity contribution in [3.63, 3.8) is 0 Å². The van der Waals surface area contributed by atoms with Crippen LogP contribution in [0.25, 0.3) is 11.3 Å². The molecule has 0 aliphatic carbocycles. The van der Waals surface area contributed by atoms with E-state index < -0.39 is 10.0 Å². The van der Waals surface area contributed by atoms with Crippen LogP contribution in [-0.2, 0) is 10.0 Å². The van der Waals surface area contributed by atoms with Crippen LogP contribution >= 0.6 is 11.3 Å². The number of rotatable bonds is 4. The van der Waals surface area contributed by atoms with Crippen molar-refractivity contribution >= 4 is 26.5 Å². The number of hydrogen-bond donors (Lipinski definition) is 1. The molecule has 0 atom stereocenters. The second-order valence-electron chi connectivity index (χ2n) is 5.67. The van der Waals surface area contributed by atoms with E-state index in [9.17, 15) is 12.8 Å². The molecule has 3 rings (SSSR count). The van der Waals surface area contributed by atoms with Crippen molar-refractivity contribution in [2.45, 2.75) is 18.9 Å². The topological polar surface area (TPSA) is 62.3 Å². The second-order valence-corrected chi connectivity index (χ2v) is 8.29. The zero-order chi connectivity index (χ0) is 16.4. The fraction of sp³-hybridized carbons (Fsp3) is 0.400. The summed E-state index contributed by atoms with van der Waals surface area (Å²) in [7, 11) is -3.15. The third kappa shape index (κ3) is 4.27. The van der Waals surface area contributed by atoms with Gasteiger partial charge >= 0.3 is 0 Å². The van der Waals surface area contributed by atoms with Gasteiger partial charge in [0.15, 0.2) is 5.13 Å². The summed E-state index contributed by atoms with van der Waals surface area (Å²) in [5, 5.41) is 2.88. The minimum absolute atomic E-state index is 0.00205. The maximum absolute atomic E-state index is 13.0. The number of halogens is 1. The summed E-state index contributed by atoms with van der Waals surface area (Å²) in [5.74, 6) is -0.260. The normalized spacial score (nSPS) is 16.7. The van der Waals surface area contributed by atoms with Crippen LogP contribution in [0.4, 0.5) is 9.52 Å². The minimum Gasteiger partial charge on any atom is -0.348 e. The average Bonchev–Trinajstić information content (AvgIpc) is 2.97. The Morgan fingerprint density at radius 2 is 1.91 bits per heavy atom. The van der Waals surface area contributed by atoms with Crippen molar-refractivity contribution in [2.75, 3.05) is 24.2 Å². The molecule has 0 spiro atoms. The summed E-state index contributed by atoms with van der Waals surface area (Å²) in [6.45, 7) is 1.53. The van der Waals surface area contributed by atoms with Crippen LogP contribution in [0.1, 0.15) is 12.8 Å². The van der Waals surface area contributed by atoms with Gasteiger partial charge in [-0.1, -0.05) is 0 Å². The SMILES string of the molecule is CS(=O)(=O)NC1CCN(c2nc(-c3ccc(F)cc3)cs2)CC1. The van der Waals surface area contributed by atoms with Gasteiger partial charge in [0.2, 0.25) is 10.0 Å². The molecule has 1 aliphatic heterocycles. The highest BCUT2D eigenvalue weighted by Gasteiger charge is 2.23. The lowest BCUT2D eigenvalue weighted by Gasteiger charge is -2.31. The molecule has 1 aliphatic rings. The lowest BCUT2D eigenvalue weighted by Crippen LogP contribution is -2.44. The number of benzene rings is 1. The first-order valence-electron chi connectivity index (χ1n) is 7.34. The van der Waals surface area contributed by atoms with Gasteiger partial charge in [0.25, 0.3) is 0 Å². The van der Waals surface area contributed by atoms with Crippen LogP contribution in [0.5, 0.6) is 0 Å². The zero-order valence-corrected chi connectivity index (χ0v) is 14.3. The van der Waals surface area contributed by atoms with Gasteiger partial charge < -0.3 is 4.90 Å². The Hall–Kier alpha value is -1.51. The number of nitrogens with one attached hydrogen (secondary N) is 1. The Kier molecular flexibility index (Phi) is 4.65. The van der Waals surface area contributed by atoms with Gasteiger partial charge in [-0.2, -0.15) is 0 Å². The second kappa shape index (κ2) is 6.54. The Morgan fingerprint density at radius 3 is 2.52 bits per heavy atom. The van der Waals surface area contributed by atoms with Gasteiger partial charge in [-0.15, -0.1) is 11.3 Å². The highest BCUT2D eigenvalue weighted by atomic mass is 32.2. The molecular formula is C15H18FN3O2S2. The monoisotopic (exact) mass is 355 g/mol. The maximum atomic E-state index is 13.0. The Bertz CT molecular complexity index is 766. The lowest BCUT2D eigenvalue weighted by atomic mass is 10.1. The van der Waals surface area contributed by atoms with Crippen molar-refractivity contribution in [2.24, 2.45) is 0 Å². The van der Waals surface area contributed by atoms with Gasteiger partial charge in [-0.25, -0.2) is 22.5 Å². The van der Waals surface area contributed by atoms with Crippen molar-refractivity contribution in [3.05, 3.63) is 35.5 Å². The van der Waals surface area contributed by atoms with E-state index >= 15 is 0 Å². The van der Waals surface area contributed by atoms with Gasteiger partial charge in [0, 0.05) is 30.1 Å².